The molecule has 0 unspecified atom stereocenters. The summed E-state index contributed by atoms with van der Waals surface area (Å²) < 4.78 is 10.9. The summed E-state index contributed by atoms with van der Waals surface area (Å²) in [6.45, 7) is 8.10. The number of para-hydroxylation sites is 1. The minimum absolute atomic E-state index is 0.0444. The molecule has 2 rings (SSSR count). The van der Waals surface area contributed by atoms with Crippen molar-refractivity contribution in [1.29, 1.82) is 0 Å². The molecule has 0 aliphatic rings. The predicted molar refractivity (Wildman–Crippen MR) is 101 cm³/mol. The Balaban J connectivity index is 2.32. The minimum Gasteiger partial charge on any atom is -0.489 e. The maximum Gasteiger partial charge on any atom is 0.288 e. The van der Waals surface area contributed by atoms with Gasteiger partial charge in [0, 0.05) is 11.1 Å². The van der Waals surface area contributed by atoms with Gasteiger partial charge >= 0.3 is 0 Å². The number of nitrogens with zero attached hydrogens (tertiary/aromatic N) is 1. The molecule has 0 amide bonds. The van der Waals surface area contributed by atoms with Crippen LogP contribution in [-0.4, -0.2) is 17.5 Å². The summed E-state index contributed by atoms with van der Waals surface area (Å²) in [5.41, 5.74) is 4.25. The lowest BCUT2D eigenvalue weighted by Crippen LogP contribution is -2.28. The van der Waals surface area contributed by atoms with E-state index in [1.54, 1.807) is 6.08 Å². The van der Waals surface area contributed by atoms with Crippen LogP contribution in [0.4, 0.5) is 5.69 Å². The van der Waals surface area contributed by atoms with E-state index >= 15 is 0 Å². The van der Waals surface area contributed by atoms with Gasteiger partial charge in [0.15, 0.2) is 0 Å². The van der Waals surface area contributed by atoms with E-state index in [0.717, 1.165) is 27.5 Å². The monoisotopic (exact) mass is 343 g/mol. The van der Waals surface area contributed by atoms with Crippen molar-refractivity contribution in [3.05, 3.63) is 65.2 Å². The van der Waals surface area contributed by atoms with Crippen LogP contribution in [0.15, 0.2) is 43.0 Å². The zero-order valence-electron chi connectivity index (χ0n) is 14.1. The van der Waals surface area contributed by atoms with Gasteiger partial charge in [-0.05, 0) is 37.7 Å². The second kappa shape index (κ2) is 7.95. The molecule has 0 aliphatic carbocycles. The summed E-state index contributed by atoms with van der Waals surface area (Å²) in [4.78, 5) is 0. The third kappa shape index (κ3) is 3.93. The number of methoxy groups -OCH3 is 1. The Kier molecular flexibility index (Phi) is 5.95. The molecule has 1 N–H and O–H groups in total. The molecule has 0 saturated heterocycles. The Morgan fingerprint density at radius 1 is 1.29 bits per heavy atom. The Bertz CT molecular complexity index is 758. The highest BCUT2D eigenvalue weighted by Gasteiger charge is 2.18. The van der Waals surface area contributed by atoms with Gasteiger partial charge in [-0.2, -0.15) is 5.06 Å². The molecule has 0 fully saturated rings. The average Bonchev–Trinajstić information content (AvgIpc) is 2.59. The average molecular weight is 343 g/mol. The lowest BCUT2D eigenvalue weighted by Gasteiger charge is -2.22. The lowest BCUT2D eigenvalue weighted by atomic mass is 10.1. The number of hydrogen-bond donors (Lipinski definition) is 1. The third-order valence-electron chi connectivity index (χ3n) is 3.64. The Morgan fingerprint density at radius 2 is 2.04 bits per heavy atom. The maximum atomic E-state index is 10.3. The van der Waals surface area contributed by atoms with E-state index in [1.165, 1.54) is 12.7 Å². The molecular weight excluding hydrogens is 322 g/mol. The van der Waals surface area contributed by atoms with Gasteiger partial charge in [0.1, 0.15) is 12.4 Å². The van der Waals surface area contributed by atoms with Crippen molar-refractivity contribution in [2.24, 2.45) is 0 Å². The first-order valence-corrected chi connectivity index (χ1v) is 7.90. The fourth-order valence-electron chi connectivity index (χ4n) is 2.45. The third-order valence-corrected chi connectivity index (χ3v) is 3.98. The summed E-state index contributed by atoms with van der Waals surface area (Å²) in [6.07, 6.45) is 1.65. The molecule has 4 nitrogen and oxygen atoms in total. The summed E-state index contributed by atoms with van der Waals surface area (Å²) in [5, 5.41) is 11.1. The van der Waals surface area contributed by atoms with Crippen LogP contribution in [-0.2, 0) is 11.3 Å². The van der Waals surface area contributed by atoms with Crippen molar-refractivity contribution in [1.82, 2.24) is 0 Å². The van der Waals surface area contributed by atoms with E-state index in [1.807, 2.05) is 44.2 Å². The Morgan fingerprint density at radius 3 is 2.67 bits per heavy atom. The quantitative estimate of drug-likeness (QED) is 0.632. The van der Waals surface area contributed by atoms with Crippen LogP contribution in [0.2, 0.25) is 0 Å². The molecule has 0 aliphatic heterocycles. The molecule has 24 heavy (non-hydrogen) atoms. The first-order chi connectivity index (χ1) is 11.5. The highest BCUT2D eigenvalue weighted by Crippen LogP contribution is 2.28. The number of benzene rings is 2. The molecule has 0 heterocycles. The summed E-state index contributed by atoms with van der Waals surface area (Å²) in [6, 6.07) is 11.6. The number of anilines is 1. The van der Waals surface area contributed by atoms with Crippen LogP contribution in [0.5, 0.6) is 5.75 Å². The van der Waals surface area contributed by atoms with Crippen LogP contribution in [0.1, 0.15) is 22.3 Å². The number of aryl methyl sites for hydroxylation is 2. The van der Waals surface area contributed by atoms with Crippen molar-refractivity contribution < 1.29 is 14.7 Å². The minimum atomic E-state index is -0.0444. The van der Waals surface area contributed by atoms with Crippen molar-refractivity contribution in [3.8, 4) is 5.75 Å². The summed E-state index contributed by atoms with van der Waals surface area (Å²) in [5.74, 6) is 0.800. The normalized spacial score (nSPS) is 10.2. The molecular formula is C19H21NO3S. The van der Waals surface area contributed by atoms with Gasteiger partial charge in [-0.25, -0.2) is 0 Å². The summed E-state index contributed by atoms with van der Waals surface area (Å²) in [7, 11) is 1.41. The van der Waals surface area contributed by atoms with Crippen LogP contribution >= 0.6 is 12.2 Å². The SMILES string of the molecule is C=Cc1cccc(COc2ccc(C)cc2C)c1N(O)C(=S)OC. The molecule has 2 aromatic carbocycles. The molecule has 0 atom stereocenters. The zero-order chi connectivity index (χ0) is 17.7. The zero-order valence-corrected chi connectivity index (χ0v) is 14.9. The van der Waals surface area contributed by atoms with Crippen molar-refractivity contribution in [2.75, 3.05) is 12.2 Å². The van der Waals surface area contributed by atoms with Crippen LogP contribution in [0.3, 0.4) is 0 Å². The van der Waals surface area contributed by atoms with Gasteiger partial charge in [0.05, 0.1) is 12.8 Å². The van der Waals surface area contributed by atoms with E-state index < -0.39 is 0 Å². The standard InChI is InChI=1S/C19H21NO3S/c1-5-15-7-6-8-16(18(15)20(21)19(24)22-4)12-23-17-10-9-13(2)11-14(17)3/h5-11,21H,1,12H2,2-4H3. The van der Waals surface area contributed by atoms with Gasteiger partial charge in [0.2, 0.25) is 0 Å². The van der Waals surface area contributed by atoms with Crippen LogP contribution in [0, 0.1) is 13.8 Å². The summed E-state index contributed by atoms with van der Waals surface area (Å²) >= 11 is 5.02. The van der Waals surface area contributed by atoms with Crippen LogP contribution < -0.4 is 9.80 Å². The topological polar surface area (TPSA) is 41.9 Å². The highest BCUT2D eigenvalue weighted by atomic mass is 32.1. The molecule has 126 valence electrons. The number of rotatable bonds is 5. The fraction of sp³-hybridized carbons (Fsp3) is 0.211. The smallest absolute Gasteiger partial charge is 0.288 e. The van der Waals surface area contributed by atoms with Crippen molar-refractivity contribution >= 4 is 29.2 Å². The largest absolute Gasteiger partial charge is 0.489 e. The van der Waals surface area contributed by atoms with E-state index in [2.05, 4.69) is 12.6 Å². The van der Waals surface area contributed by atoms with Crippen molar-refractivity contribution in [2.45, 2.75) is 20.5 Å². The molecule has 0 spiro atoms. The number of hydrogen-bond acceptors (Lipinski definition) is 4. The molecule has 0 saturated carbocycles. The second-order valence-electron chi connectivity index (χ2n) is 5.40. The Hall–Kier alpha value is -2.37. The number of ether oxygens (including phenoxy) is 2. The first-order valence-electron chi connectivity index (χ1n) is 7.49. The molecule has 0 radical (unpaired) electrons. The van der Waals surface area contributed by atoms with Gasteiger partial charge < -0.3 is 9.47 Å². The lowest BCUT2D eigenvalue weighted by molar-refractivity contribution is 0.264. The van der Waals surface area contributed by atoms with E-state index in [4.69, 9.17) is 21.7 Å². The first kappa shape index (κ1) is 18.0. The molecule has 5 heteroatoms. The van der Waals surface area contributed by atoms with E-state index in [-0.39, 0.29) is 11.8 Å². The molecule has 2 aromatic rings. The molecule has 0 bridgehead atoms. The highest BCUT2D eigenvalue weighted by molar-refractivity contribution is 7.80. The van der Waals surface area contributed by atoms with Gasteiger partial charge in [-0.1, -0.05) is 48.6 Å². The predicted octanol–water partition coefficient (Wildman–Crippen LogP) is 4.65. The van der Waals surface area contributed by atoms with Gasteiger partial charge in [-0.15, -0.1) is 0 Å². The van der Waals surface area contributed by atoms with Gasteiger partial charge in [0.25, 0.3) is 5.17 Å². The Labute approximate surface area is 147 Å². The second-order valence-corrected chi connectivity index (χ2v) is 5.75. The van der Waals surface area contributed by atoms with Crippen molar-refractivity contribution in [3.63, 3.8) is 0 Å². The van der Waals surface area contributed by atoms with E-state index in [0.29, 0.717) is 5.69 Å². The van der Waals surface area contributed by atoms with Gasteiger partial charge in [-0.3, -0.25) is 5.21 Å². The van der Waals surface area contributed by atoms with E-state index in [9.17, 15) is 5.21 Å². The number of hydroxylamine groups is 1. The maximum absolute atomic E-state index is 10.3. The number of thiocarbonyl (C=S) groups is 1. The fourth-order valence-corrected chi connectivity index (χ4v) is 2.54. The molecule has 0 aromatic heterocycles. The van der Waals surface area contributed by atoms with Crippen LogP contribution in [0.25, 0.3) is 6.08 Å².